The van der Waals surface area contributed by atoms with Crippen LogP contribution in [0.25, 0.3) is 0 Å². The van der Waals surface area contributed by atoms with Crippen LogP contribution in [0.5, 0.6) is 0 Å². The predicted octanol–water partition coefficient (Wildman–Crippen LogP) is -0.0410. The van der Waals surface area contributed by atoms with Crippen LogP contribution in [0.2, 0.25) is 0 Å². The normalized spacial score (nSPS) is 13.9. The highest BCUT2D eigenvalue weighted by Crippen LogP contribution is 2.09. The Bertz CT molecular complexity index is 456. The van der Waals surface area contributed by atoms with E-state index in [-0.39, 0.29) is 23.2 Å². The molecule has 0 aromatic carbocycles. The second-order valence-corrected chi connectivity index (χ2v) is 5.85. The fourth-order valence-electron chi connectivity index (χ4n) is 1.06. The monoisotopic (exact) mass is 259 g/mol. The van der Waals surface area contributed by atoms with E-state index in [0.717, 1.165) is 0 Å². The van der Waals surface area contributed by atoms with Gasteiger partial charge in [0.25, 0.3) is 0 Å². The number of nitrogen functional groups attached to an aromatic ring is 1. The van der Waals surface area contributed by atoms with E-state index in [1.807, 2.05) is 13.8 Å². The zero-order valence-electron chi connectivity index (χ0n) is 9.79. The van der Waals surface area contributed by atoms with Crippen molar-refractivity contribution in [3.8, 4) is 0 Å². The minimum absolute atomic E-state index is 0.0118. The third-order valence-electron chi connectivity index (χ3n) is 2.32. The van der Waals surface area contributed by atoms with Gasteiger partial charge in [-0.1, -0.05) is 13.8 Å². The number of nitrogens with two attached hydrogens (primary N) is 1. The minimum Gasteiger partial charge on any atom is -0.391 e. The summed E-state index contributed by atoms with van der Waals surface area (Å²) in [7, 11) is -3.63. The minimum atomic E-state index is -3.63. The predicted molar refractivity (Wildman–Crippen MR) is 64.7 cm³/mol. The molecule has 1 aromatic rings. The molecule has 1 atom stereocenters. The lowest BCUT2D eigenvalue weighted by Crippen LogP contribution is -2.34. The first kappa shape index (κ1) is 13.9. The van der Waals surface area contributed by atoms with Crippen LogP contribution in [0, 0.1) is 5.92 Å². The summed E-state index contributed by atoms with van der Waals surface area (Å²) >= 11 is 0. The number of aliphatic hydroxyl groups excluding tert-OH is 1. The van der Waals surface area contributed by atoms with Crippen LogP contribution >= 0.6 is 0 Å². The number of aliphatic hydroxyl groups is 1. The molecule has 0 radical (unpaired) electrons. The van der Waals surface area contributed by atoms with Crippen molar-refractivity contribution in [2.24, 2.45) is 5.92 Å². The molecule has 0 aliphatic carbocycles. The largest absolute Gasteiger partial charge is 0.391 e. The molecule has 7 heteroatoms. The van der Waals surface area contributed by atoms with Crippen molar-refractivity contribution < 1.29 is 13.5 Å². The zero-order valence-corrected chi connectivity index (χ0v) is 10.6. The van der Waals surface area contributed by atoms with Crippen molar-refractivity contribution in [2.75, 3.05) is 12.3 Å². The lowest BCUT2D eigenvalue weighted by molar-refractivity contribution is 0.129. The lowest BCUT2D eigenvalue weighted by atomic mass is 10.1. The molecule has 1 unspecified atom stereocenters. The van der Waals surface area contributed by atoms with Crippen molar-refractivity contribution in [3.63, 3.8) is 0 Å². The summed E-state index contributed by atoms with van der Waals surface area (Å²) in [5, 5.41) is 9.52. The average molecular weight is 259 g/mol. The number of nitrogens with zero attached hydrogens (tertiary/aromatic N) is 1. The second-order valence-electron chi connectivity index (χ2n) is 4.08. The fourth-order valence-corrected chi connectivity index (χ4v) is 2.06. The second kappa shape index (κ2) is 5.44. The third-order valence-corrected chi connectivity index (χ3v) is 3.73. The molecule has 1 heterocycles. The molecule has 17 heavy (non-hydrogen) atoms. The molecule has 0 saturated carbocycles. The van der Waals surface area contributed by atoms with E-state index in [0.29, 0.717) is 0 Å². The number of nitrogens with one attached hydrogen (secondary N) is 1. The highest BCUT2D eigenvalue weighted by atomic mass is 32.2. The summed E-state index contributed by atoms with van der Waals surface area (Å²) in [5.74, 6) is 0.244. The van der Waals surface area contributed by atoms with Gasteiger partial charge in [0.05, 0.1) is 6.10 Å². The van der Waals surface area contributed by atoms with Crippen molar-refractivity contribution >= 4 is 15.8 Å². The summed E-state index contributed by atoms with van der Waals surface area (Å²) in [6, 6.07) is 2.78. The number of anilines is 1. The quantitative estimate of drug-likeness (QED) is 0.688. The van der Waals surface area contributed by atoms with Crippen LogP contribution in [-0.2, 0) is 10.0 Å². The Labute approximate surface area is 101 Å². The van der Waals surface area contributed by atoms with Crippen molar-refractivity contribution in [1.29, 1.82) is 0 Å². The molecule has 6 nitrogen and oxygen atoms in total. The van der Waals surface area contributed by atoms with E-state index in [2.05, 4.69) is 9.71 Å². The van der Waals surface area contributed by atoms with Gasteiger partial charge in [-0.3, -0.25) is 0 Å². The summed E-state index contributed by atoms with van der Waals surface area (Å²) in [4.78, 5) is 3.73. The Morgan fingerprint density at radius 2 is 2.12 bits per heavy atom. The first-order chi connectivity index (χ1) is 7.83. The number of hydrogen-bond donors (Lipinski definition) is 3. The molecule has 4 N–H and O–H groups in total. The Kier molecular flexibility index (Phi) is 4.44. The molecular formula is C10H17N3O3S. The molecule has 0 saturated heterocycles. The molecule has 0 aliphatic heterocycles. The van der Waals surface area contributed by atoms with Gasteiger partial charge < -0.3 is 10.8 Å². The highest BCUT2D eigenvalue weighted by molar-refractivity contribution is 7.89. The smallest absolute Gasteiger partial charge is 0.242 e. The standard InChI is InChI=1S/C10H17N3O3S/c1-7(2)9(14)6-13-17(15,16)8-3-4-10(11)12-5-8/h3-5,7,9,13-14H,6H2,1-2H3,(H2,11,12). The Hall–Kier alpha value is -1.18. The van der Waals surface area contributed by atoms with Crippen molar-refractivity contribution in [2.45, 2.75) is 24.8 Å². The van der Waals surface area contributed by atoms with Gasteiger partial charge in [-0.15, -0.1) is 0 Å². The van der Waals surface area contributed by atoms with Crippen LogP contribution in [0.4, 0.5) is 5.82 Å². The molecule has 1 aromatic heterocycles. The number of aromatic nitrogens is 1. The zero-order chi connectivity index (χ0) is 13.1. The Morgan fingerprint density at radius 3 is 2.59 bits per heavy atom. The van der Waals surface area contributed by atoms with Gasteiger partial charge in [0, 0.05) is 12.7 Å². The fraction of sp³-hybridized carbons (Fsp3) is 0.500. The van der Waals surface area contributed by atoms with Crippen LogP contribution in [0.3, 0.4) is 0 Å². The summed E-state index contributed by atoms with van der Waals surface area (Å²) in [6.45, 7) is 3.60. The van der Waals surface area contributed by atoms with Crippen LogP contribution in [0.15, 0.2) is 23.2 Å². The number of pyridine rings is 1. The first-order valence-electron chi connectivity index (χ1n) is 5.22. The summed E-state index contributed by atoms with van der Waals surface area (Å²) < 4.78 is 25.9. The van der Waals surface area contributed by atoms with E-state index in [9.17, 15) is 13.5 Å². The molecule has 96 valence electrons. The van der Waals surface area contributed by atoms with Gasteiger partial charge >= 0.3 is 0 Å². The van der Waals surface area contributed by atoms with E-state index >= 15 is 0 Å². The summed E-state index contributed by atoms with van der Waals surface area (Å²) in [5.41, 5.74) is 5.37. The summed E-state index contributed by atoms with van der Waals surface area (Å²) in [6.07, 6.45) is 0.464. The molecule has 0 amide bonds. The Morgan fingerprint density at radius 1 is 1.47 bits per heavy atom. The SMILES string of the molecule is CC(C)C(O)CNS(=O)(=O)c1ccc(N)nc1. The number of hydrogen-bond acceptors (Lipinski definition) is 5. The maximum Gasteiger partial charge on any atom is 0.242 e. The molecule has 1 rings (SSSR count). The van der Waals surface area contributed by atoms with Crippen LogP contribution in [0.1, 0.15) is 13.8 Å². The lowest BCUT2D eigenvalue weighted by Gasteiger charge is -2.15. The van der Waals surface area contributed by atoms with Gasteiger partial charge in [-0.05, 0) is 18.1 Å². The molecule has 0 spiro atoms. The maximum absolute atomic E-state index is 11.8. The van der Waals surface area contributed by atoms with Crippen molar-refractivity contribution in [3.05, 3.63) is 18.3 Å². The van der Waals surface area contributed by atoms with Gasteiger partial charge in [-0.2, -0.15) is 0 Å². The average Bonchev–Trinajstić information content (AvgIpc) is 2.26. The Balaban J connectivity index is 2.72. The topological polar surface area (TPSA) is 105 Å². The molecule has 0 aliphatic rings. The van der Waals surface area contributed by atoms with Crippen molar-refractivity contribution in [1.82, 2.24) is 9.71 Å². The third kappa shape index (κ3) is 3.95. The number of sulfonamides is 1. The molecule has 0 fully saturated rings. The van der Waals surface area contributed by atoms with Crippen LogP contribution < -0.4 is 10.5 Å². The van der Waals surface area contributed by atoms with Gasteiger partial charge in [0.15, 0.2) is 0 Å². The number of rotatable bonds is 5. The van der Waals surface area contributed by atoms with E-state index in [1.165, 1.54) is 18.3 Å². The highest BCUT2D eigenvalue weighted by Gasteiger charge is 2.17. The maximum atomic E-state index is 11.8. The van der Waals surface area contributed by atoms with Crippen LogP contribution in [-0.4, -0.2) is 31.2 Å². The van der Waals surface area contributed by atoms with E-state index in [1.54, 1.807) is 0 Å². The van der Waals surface area contributed by atoms with E-state index in [4.69, 9.17) is 5.73 Å². The van der Waals surface area contributed by atoms with Gasteiger partial charge in [-0.25, -0.2) is 18.1 Å². The van der Waals surface area contributed by atoms with Gasteiger partial charge in [0.2, 0.25) is 10.0 Å². The molecule has 0 bridgehead atoms. The first-order valence-corrected chi connectivity index (χ1v) is 6.70. The van der Waals surface area contributed by atoms with E-state index < -0.39 is 16.1 Å². The molecular weight excluding hydrogens is 242 g/mol. The van der Waals surface area contributed by atoms with Gasteiger partial charge in [0.1, 0.15) is 10.7 Å².